The lowest BCUT2D eigenvalue weighted by molar-refractivity contribution is 0.420. The SMILES string of the molecule is Cc1ccc(-c2nc(Cn3ccnc3C)no2)cc1. The van der Waals surface area contributed by atoms with Crippen molar-refractivity contribution in [3.8, 4) is 11.5 Å². The van der Waals surface area contributed by atoms with Crippen molar-refractivity contribution in [3.05, 3.63) is 53.9 Å². The van der Waals surface area contributed by atoms with E-state index in [0.29, 0.717) is 18.3 Å². The fraction of sp³-hybridized carbons (Fsp3) is 0.214. The summed E-state index contributed by atoms with van der Waals surface area (Å²) in [5, 5.41) is 4.00. The fourth-order valence-electron chi connectivity index (χ4n) is 1.85. The zero-order valence-corrected chi connectivity index (χ0v) is 10.9. The number of aryl methyl sites for hydroxylation is 2. The molecule has 96 valence electrons. The molecule has 0 aliphatic heterocycles. The van der Waals surface area contributed by atoms with Crippen molar-refractivity contribution < 1.29 is 4.52 Å². The number of hydrogen-bond acceptors (Lipinski definition) is 4. The maximum absolute atomic E-state index is 5.28. The predicted molar refractivity (Wildman–Crippen MR) is 70.5 cm³/mol. The number of imidazole rings is 1. The van der Waals surface area contributed by atoms with E-state index in [2.05, 4.69) is 15.1 Å². The molecule has 0 bridgehead atoms. The Balaban J connectivity index is 1.83. The Bertz CT molecular complexity index is 682. The van der Waals surface area contributed by atoms with Gasteiger partial charge in [-0.05, 0) is 26.0 Å². The van der Waals surface area contributed by atoms with E-state index in [-0.39, 0.29) is 0 Å². The van der Waals surface area contributed by atoms with Crippen LogP contribution in [-0.4, -0.2) is 19.7 Å². The Kier molecular flexibility index (Phi) is 2.87. The second-order valence-corrected chi connectivity index (χ2v) is 4.48. The summed E-state index contributed by atoms with van der Waals surface area (Å²) in [6, 6.07) is 8.02. The summed E-state index contributed by atoms with van der Waals surface area (Å²) in [7, 11) is 0. The van der Waals surface area contributed by atoms with Crippen LogP contribution in [0.4, 0.5) is 0 Å². The lowest BCUT2D eigenvalue weighted by Crippen LogP contribution is -2.02. The molecule has 1 aromatic carbocycles. The highest BCUT2D eigenvalue weighted by Crippen LogP contribution is 2.17. The zero-order chi connectivity index (χ0) is 13.2. The molecule has 3 rings (SSSR count). The van der Waals surface area contributed by atoms with Gasteiger partial charge in [0.05, 0.1) is 6.54 Å². The lowest BCUT2D eigenvalue weighted by Gasteiger charge is -1.98. The van der Waals surface area contributed by atoms with Crippen molar-refractivity contribution in [1.29, 1.82) is 0 Å². The monoisotopic (exact) mass is 254 g/mol. The van der Waals surface area contributed by atoms with E-state index >= 15 is 0 Å². The van der Waals surface area contributed by atoms with Crippen molar-refractivity contribution in [2.75, 3.05) is 0 Å². The minimum absolute atomic E-state index is 0.549. The van der Waals surface area contributed by atoms with E-state index < -0.39 is 0 Å². The average molecular weight is 254 g/mol. The van der Waals surface area contributed by atoms with Crippen LogP contribution in [0.1, 0.15) is 17.2 Å². The minimum Gasteiger partial charge on any atom is -0.334 e. The molecular weight excluding hydrogens is 240 g/mol. The summed E-state index contributed by atoms with van der Waals surface area (Å²) < 4.78 is 7.26. The quantitative estimate of drug-likeness (QED) is 0.721. The third-order valence-electron chi connectivity index (χ3n) is 3.00. The summed E-state index contributed by atoms with van der Waals surface area (Å²) in [6.07, 6.45) is 3.66. The highest BCUT2D eigenvalue weighted by Gasteiger charge is 2.09. The zero-order valence-electron chi connectivity index (χ0n) is 10.9. The third kappa shape index (κ3) is 2.40. The first-order valence-electron chi connectivity index (χ1n) is 6.10. The van der Waals surface area contributed by atoms with Crippen molar-refractivity contribution >= 4 is 0 Å². The van der Waals surface area contributed by atoms with E-state index in [1.165, 1.54) is 5.56 Å². The summed E-state index contributed by atoms with van der Waals surface area (Å²) in [5.41, 5.74) is 2.14. The molecule has 2 aromatic heterocycles. The molecule has 19 heavy (non-hydrogen) atoms. The number of aromatic nitrogens is 4. The van der Waals surface area contributed by atoms with Gasteiger partial charge in [0.15, 0.2) is 5.82 Å². The molecule has 0 N–H and O–H groups in total. The van der Waals surface area contributed by atoms with Crippen molar-refractivity contribution in [2.24, 2.45) is 0 Å². The summed E-state index contributed by atoms with van der Waals surface area (Å²) in [4.78, 5) is 8.56. The standard InChI is InChI=1S/C14H14N4O/c1-10-3-5-12(6-4-10)14-16-13(17-19-14)9-18-8-7-15-11(18)2/h3-8H,9H2,1-2H3. The van der Waals surface area contributed by atoms with Gasteiger partial charge in [-0.2, -0.15) is 4.98 Å². The molecule has 0 saturated heterocycles. The Morgan fingerprint density at radius 1 is 1.16 bits per heavy atom. The minimum atomic E-state index is 0.549. The van der Waals surface area contributed by atoms with Gasteiger partial charge in [0.2, 0.25) is 0 Å². The van der Waals surface area contributed by atoms with Crippen LogP contribution in [0, 0.1) is 13.8 Å². The molecule has 0 fully saturated rings. The van der Waals surface area contributed by atoms with Gasteiger partial charge in [0, 0.05) is 18.0 Å². The summed E-state index contributed by atoms with van der Waals surface area (Å²) >= 11 is 0. The van der Waals surface area contributed by atoms with Crippen LogP contribution in [0.15, 0.2) is 41.2 Å². The van der Waals surface area contributed by atoms with Crippen molar-refractivity contribution in [3.63, 3.8) is 0 Å². The van der Waals surface area contributed by atoms with Crippen LogP contribution in [0.25, 0.3) is 11.5 Å². The molecule has 0 aliphatic rings. The van der Waals surface area contributed by atoms with E-state index in [4.69, 9.17) is 4.52 Å². The maximum atomic E-state index is 5.28. The smallest absolute Gasteiger partial charge is 0.257 e. The first-order valence-corrected chi connectivity index (χ1v) is 6.10. The molecule has 5 heteroatoms. The molecule has 0 saturated carbocycles. The topological polar surface area (TPSA) is 56.7 Å². The molecule has 0 unspecified atom stereocenters. The number of nitrogens with zero attached hydrogens (tertiary/aromatic N) is 4. The molecule has 2 heterocycles. The Labute approximate surface area is 110 Å². The molecule has 3 aromatic rings. The lowest BCUT2D eigenvalue weighted by atomic mass is 10.1. The normalized spacial score (nSPS) is 10.8. The van der Waals surface area contributed by atoms with E-state index in [0.717, 1.165) is 11.4 Å². The van der Waals surface area contributed by atoms with E-state index in [1.807, 2.05) is 48.9 Å². The van der Waals surface area contributed by atoms with E-state index in [1.54, 1.807) is 6.20 Å². The molecule has 0 atom stereocenters. The van der Waals surface area contributed by atoms with Crippen LogP contribution >= 0.6 is 0 Å². The first kappa shape index (κ1) is 11.6. The predicted octanol–water partition coefficient (Wildman–Crippen LogP) is 2.60. The number of rotatable bonds is 3. The van der Waals surface area contributed by atoms with Gasteiger partial charge < -0.3 is 9.09 Å². The van der Waals surface area contributed by atoms with Crippen LogP contribution in [0.5, 0.6) is 0 Å². The van der Waals surface area contributed by atoms with Gasteiger partial charge in [-0.25, -0.2) is 4.98 Å². The van der Waals surface area contributed by atoms with E-state index in [9.17, 15) is 0 Å². The molecule has 0 spiro atoms. The second kappa shape index (κ2) is 4.68. The fourth-order valence-corrected chi connectivity index (χ4v) is 1.85. The number of hydrogen-bond donors (Lipinski definition) is 0. The van der Waals surface area contributed by atoms with Gasteiger partial charge >= 0.3 is 0 Å². The molecule has 0 amide bonds. The molecule has 0 aliphatic carbocycles. The van der Waals surface area contributed by atoms with Crippen LogP contribution < -0.4 is 0 Å². The second-order valence-electron chi connectivity index (χ2n) is 4.48. The Hall–Kier alpha value is -2.43. The molecule has 5 nitrogen and oxygen atoms in total. The van der Waals surface area contributed by atoms with Crippen molar-refractivity contribution in [2.45, 2.75) is 20.4 Å². The first-order chi connectivity index (χ1) is 9.22. The van der Waals surface area contributed by atoms with Gasteiger partial charge in [-0.15, -0.1) is 0 Å². The van der Waals surface area contributed by atoms with Crippen LogP contribution in [-0.2, 0) is 6.54 Å². The van der Waals surface area contributed by atoms with Gasteiger partial charge in [0.25, 0.3) is 5.89 Å². The molecule has 0 radical (unpaired) electrons. The Morgan fingerprint density at radius 3 is 2.63 bits per heavy atom. The average Bonchev–Trinajstić information content (AvgIpc) is 3.01. The summed E-state index contributed by atoms with van der Waals surface area (Å²) in [6.45, 7) is 4.56. The van der Waals surface area contributed by atoms with Crippen LogP contribution in [0.2, 0.25) is 0 Å². The highest BCUT2D eigenvalue weighted by molar-refractivity contribution is 5.53. The van der Waals surface area contributed by atoms with Crippen LogP contribution in [0.3, 0.4) is 0 Å². The Morgan fingerprint density at radius 2 is 1.95 bits per heavy atom. The van der Waals surface area contributed by atoms with Gasteiger partial charge in [-0.3, -0.25) is 0 Å². The van der Waals surface area contributed by atoms with Crippen molar-refractivity contribution in [1.82, 2.24) is 19.7 Å². The third-order valence-corrected chi connectivity index (χ3v) is 3.00. The summed E-state index contributed by atoms with van der Waals surface area (Å²) in [5.74, 6) is 2.13. The largest absolute Gasteiger partial charge is 0.334 e. The van der Waals surface area contributed by atoms with Gasteiger partial charge in [-0.1, -0.05) is 22.9 Å². The highest BCUT2D eigenvalue weighted by atomic mass is 16.5. The number of benzene rings is 1. The maximum Gasteiger partial charge on any atom is 0.257 e. The molecular formula is C14H14N4O. The van der Waals surface area contributed by atoms with Gasteiger partial charge in [0.1, 0.15) is 5.82 Å².